The summed E-state index contributed by atoms with van der Waals surface area (Å²) in [5.74, 6) is -0.390. The lowest BCUT2D eigenvalue weighted by molar-refractivity contribution is -0.116. The van der Waals surface area contributed by atoms with Gasteiger partial charge >= 0.3 is 0 Å². The van der Waals surface area contributed by atoms with Crippen LogP contribution in [-0.2, 0) is 11.3 Å². The molecule has 0 aliphatic carbocycles. The Bertz CT molecular complexity index is 891. The average Bonchev–Trinajstić information content (AvgIpc) is 2.64. The van der Waals surface area contributed by atoms with Crippen LogP contribution in [0.3, 0.4) is 0 Å². The van der Waals surface area contributed by atoms with Crippen LogP contribution in [0.15, 0.2) is 29.1 Å². The molecule has 8 heteroatoms. The Balaban J connectivity index is 1.81. The van der Waals surface area contributed by atoms with E-state index in [1.807, 2.05) is 4.90 Å². The SMILES string of the molecule is COc1ccc(NC(=O)Cn2c(N3CCCCC3)nc(C)cc2=O)cc1F. The number of nitrogens with zero attached hydrogens (tertiary/aromatic N) is 3. The molecule has 27 heavy (non-hydrogen) atoms. The Labute approximate surface area is 156 Å². The highest BCUT2D eigenvalue weighted by molar-refractivity contribution is 5.90. The lowest BCUT2D eigenvalue weighted by Crippen LogP contribution is -2.38. The van der Waals surface area contributed by atoms with Gasteiger partial charge in [-0.1, -0.05) is 0 Å². The molecule has 144 valence electrons. The number of hydrogen-bond acceptors (Lipinski definition) is 5. The lowest BCUT2D eigenvalue weighted by Gasteiger charge is -2.29. The van der Waals surface area contributed by atoms with Crippen molar-refractivity contribution in [1.82, 2.24) is 9.55 Å². The Morgan fingerprint density at radius 2 is 2.00 bits per heavy atom. The number of carbonyl (C=O) groups excluding carboxylic acids is 1. The van der Waals surface area contributed by atoms with Crippen LogP contribution in [0.5, 0.6) is 5.75 Å². The second-order valence-corrected chi connectivity index (χ2v) is 6.57. The number of benzene rings is 1. The first-order chi connectivity index (χ1) is 13.0. The van der Waals surface area contributed by atoms with E-state index in [4.69, 9.17) is 4.74 Å². The Kier molecular flexibility index (Phi) is 5.73. The van der Waals surface area contributed by atoms with Gasteiger partial charge in [-0.25, -0.2) is 9.37 Å². The summed E-state index contributed by atoms with van der Waals surface area (Å²) in [6.07, 6.45) is 3.21. The van der Waals surface area contributed by atoms with Gasteiger partial charge in [-0.05, 0) is 38.3 Å². The smallest absolute Gasteiger partial charge is 0.255 e. The van der Waals surface area contributed by atoms with Gasteiger partial charge in [-0.2, -0.15) is 0 Å². The fraction of sp³-hybridized carbons (Fsp3) is 0.421. The molecule has 1 amide bonds. The zero-order valence-corrected chi connectivity index (χ0v) is 15.5. The van der Waals surface area contributed by atoms with E-state index < -0.39 is 11.7 Å². The molecule has 2 heterocycles. The number of anilines is 2. The van der Waals surface area contributed by atoms with Crippen molar-refractivity contribution in [2.24, 2.45) is 0 Å². The van der Waals surface area contributed by atoms with E-state index in [1.165, 1.54) is 29.9 Å². The fourth-order valence-corrected chi connectivity index (χ4v) is 3.18. The van der Waals surface area contributed by atoms with Gasteiger partial charge < -0.3 is 15.0 Å². The van der Waals surface area contributed by atoms with Crippen LogP contribution in [0, 0.1) is 12.7 Å². The maximum absolute atomic E-state index is 13.8. The third-order valence-corrected chi connectivity index (χ3v) is 4.49. The molecule has 1 saturated heterocycles. The van der Waals surface area contributed by atoms with E-state index in [0.29, 0.717) is 17.3 Å². The number of piperidine rings is 1. The summed E-state index contributed by atoms with van der Waals surface area (Å²) in [4.78, 5) is 31.4. The van der Waals surface area contributed by atoms with Gasteiger partial charge in [0.1, 0.15) is 6.54 Å². The molecule has 1 aliphatic rings. The summed E-state index contributed by atoms with van der Waals surface area (Å²) in [5.41, 5.74) is 0.638. The van der Waals surface area contributed by atoms with E-state index in [0.717, 1.165) is 32.4 Å². The van der Waals surface area contributed by atoms with Crippen molar-refractivity contribution >= 4 is 17.5 Å². The van der Waals surface area contributed by atoms with Gasteiger partial charge in [-0.3, -0.25) is 14.2 Å². The molecule has 0 saturated carbocycles. The second-order valence-electron chi connectivity index (χ2n) is 6.57. The molecule has 1 aliphatic heterocycles. The van der Waals surface area contributed by atoms with Gasteiger partial charge in [0.2, 0.25) is 11.9 Å². The molecule has 0 bridgehead atoms. The maximum Gasteiger partial charge on any atom is 0.255 e. The first kappa shape index (κ1) is 18.9. The molecule has 1 fully saturated rings. The number of carbonyl (C=O) groups is 1. The predicted octanol–water partition coefficient (Wildman–Crippen LogP) is 2.33. The van der Waals surface area contributed by atoms with Crippen molar-refractivity contribution < 1.29 is 13.9 Å². The fourth-order valence-electron chi connectivity index (χ4n) is 3.18. The summed E-state index contributed by atoms with van der Waals surface area (Å²) >= 11 is 0. The third-order valence-electron chi connectivity index (χ3n) is 4.49. The van der Waals surface area contributed by atoms with Crippen molar-refractivity contribution in [3.05, 3.63) is 46.1 Å². The lowest BCUT2D eigenvalue weighted by atomic mass is 10.1. The highest BCUT2D eigenvalue weighted by atomic mass is 19.1. The number of hydrogen-bond donors (Lipinski definition) is 1. The molecule has 0 spiro atoms. The number of halogens is 1. The van der Waals surface area contributed by atoms with Crippen molar-refractivity contribution in [2.45, 2.75) is 32.7 Å². The van der Waals surface area contributed by atoms with E-state index in [9.17, 15) is 14.0 Å². The average molecular weight is 374 g/mol. The number of amides is 1. The van der Waals surface area contributed by atoms with Crippen LogP contribution < -0.4 is 20.5 Å². The van der Waals surface area contributed by atoms with Crippen molar-refractivity contribution in [3.63, 3.8) is 0 Å². The minimum atomic E-state index is -0.571. The Morgan fingerprint density at radius 1 is 1.26 bits per heavy atom. The van der Waals surface area contributed by atoms with Gasteiger partial charge in [0.25, 0.3) is 5.56 Å². The normalized spacial score (nSPS) is 14.1. The molecular formula is C19H23FN4O3. The molecule has 1 aromatic carbocycles. The quantitative estimate of drug-likeness (QED) is 0.869. The third kappa shape index (κ3) is 4.45. The monoisotopic (exact) mass is 374 g/mol. The second kappa shape index (κ2) is 8.20. The van der Waals surface area contributed by atoms with Crippen LogP contribution in [0.1, 0.15) is 25.0 Å². The molecular weight excluding hydrogens is 351 g/mol. The number of rotatable bonds is 5. The minimum Gasteiger partial charge on any atom is -0.494 e. The van der Waals surface area contributed by atoms with E-state index in [1.54, 1.807) is 13.0 Å². The zero-order chi connectivity index (χ0) is 19.4. The van der Waals surface area contributed by atoms with Crippen molar-refractivity contribution in [1.29, 1.82) is 0 Å². The first-order valence-electron chi connectivity index (χ1n) is 8.95. The molecule has 7 nitrogen and oxygen atoms in total. The highest BCUT2D eigenvalue weighted by Crippen LogP contribution is 2.21. The van der Waals surface area contributed by atoms with Gasteiger partial charge in [-0.15, -0.1) is 0 Å². The summed E-state index contributed by atoms with van der Waals surface area (Å²) in [6, 6.07) is 5.57. The predicted molar refractivity (Wildman–Crippen MR) is 101 cm³/mol. The largest absolute Gasteiger partial charge is 0.494 e. The Hall–Kier alpha value is -2.90. The zero-order valence-electron chi connectivity index (χ0n) is 15.5. The van der Waals surface area contributed by atoms with E-state index in [-0.39, 0.29) is 17.9 Å². The van der Waals surface area contributed by atoms with Crippen molar-refractivity contribution in [2.75, 3.05) is 30.4 Å². The van der Waals surface area contributed by atoms with Crippen LogP contribution in [0.4, 0.5) is 16.0 Å². The summed E-state index contributed by atoms with van der Waals surface area (Å²) in [5, 5.41) is 2.61. The number of aryl methyl sites for hydroxylation is 1. The Morgan fingerprint density at radius 3 is 2.67 bits per heavy atom. The topological polar surface area (TPSA) is 76.5 Å². The van der Waals surface area contributed by atoms with Gasteiger partial charge in [0, 0.05) is 36.6 Å². The molecule has 0 atom stereocenters. The summed E-state index contributed by atoms with van der Waals surface area (Å²) in [7, 11) is 1.37. The number of methoxy groups -OCH3 is 1. The van der Waals surface area contributed by atoms with E-state index >= 15 is 0 Å². The van der Waals surface area contributed by atoms with Crippen LogP contribution in [-0.4, -0.2) is 35.7 Å². The standard InChI is InChI=1S/C19H23FN4O3/c1-13-10-18(26)24(19(21-13)23-8-4-3-5-9-23)12-17(25)22-14-6-7-16(27-2)15(20)11-14/h6-7,10-11H,3-5,8-9,12H2,1-2H3,(H,22,25). The minimum absolute atomic E-state index is 0.0966. The molecule has 1 aromatic heterocycles. The highest BCUT2D eigenvalue weighted by Gasteiger charge is 2.19. The van der Waals surface area contributed by atoms with Gasteiger partial charge in [0.05, 0.1) is 7.11 Å². The molecule has 0 radical (unpaired) electrons. The van der Waals surface area contributed by atoms with Gasteiger partial charge in [0.15, 0.2) is 11.6 Å². The maximum atomic E-state index is 13.8. The van der Waals surface area contributed by atoms with Crippen molar-refractivity contribution in [3.8, 4) is 5.75 Å². The molecule has 1 N–H and O–H groups in total. The summed E-state index contributed by atoms with van der Waals surface area (Å²) in [6.45, 7) is 3.19. The number of ether oxygens (including phenoxy) is 1. The first-order valence-corrected chi connectivity index (χ1v) is 8.95. The van der Waals surface area contributed by atoms with Crippen LogP contribution in [0.25, 0.3) is 0 Å². The van der Waals surface area contributed by atoms with Crippen LogP contribution in [0.2, 0.25) is 0 Å². The molecule has 0 unspecified atom stereocenters. The number of aromatic nitrogens is 2. The molecule has 3 rings (SSSR count). The molecule has 2 aromatic rings. The summed E-state index contributed by atoms with van der Waals surface area (Å²) < 4.78 is 20.0. The van der Waals surface area contributed by atoms with Crippen LogP contribution >= 0.6 is 0 Å². The number of nitrogens with one attached hydrogen (secondary N) is 1. The van der Waals surface area contributed by atoms with E-state index in [2.05, 4.69) is 10.3 Å².